The van der Waals surface area contributed by atoms with E-state index in [4.69, 9.17) is 11.6 Å². The van der Waals surface area contributed by atoms with Gasteiger partial charge in [0.05, 0.1) is 21.6 Å². The van der Waals surface area contributed by atoms with Gasteiger partial charge in [0.25, 0.3) is 0 Å². The Hall–Kier alpha value is -2.38. The highest BCUT2D eigenvalue weighted by molar-refractivity contribution is 7.13. The average molecular weight is 379 g/mol. The van der Waals surface area contributed by atoms with Crippen LogP contribution in [0.25, 0.3) is 27.6 Å². The van der Waals surface area contributed by atoms with Gasteiger partial charge in [-0.05, 0) is 30.3 Å². The first-order valence-corrected chi connectivity index (χ1v) is 8.36. The van der Waals surface area contributed by atoms with Gasteiger partial charge < -0.3 is 0 Å². The molecule has 0 saturated heterocycles. The van der Waals surface area contributed by atoms with E-state index in [1.807, 2.05) is 6.07 Å². The van der Waals surface area contributed by atoms with Gasteiger partial charge in [0.15, 0.2) is 10.8 Å². The largest absolute Gasteiger partial charge is 0.417 e. The van der Waals surface area contributed by atoms with Crippen molar-refractivity contribution in [2.75, 3.05) is 0 Å². The minimum absolute atomic E-state index is 0.200. The molecule has 0 spiro atoms. The van der Waals surface area contributed by atoms with Gasteiger partial charge in [-0.3, -0.25) is 4.57 Å². The molecular weight excluding hydrogens is 371 g/mol. The first-order valence-electron chi connectivity index (χ1n) is 7.10. The van der Waals surface area contributed by atoms with Crippen LogP contribution in [0.2, 0.25) is 5.02 Å². The molecule has 3 nitrogen and oxygen atoms in total. The van der Waals surface area contributed by atoms with Crippen molar-refractivity contribution in [1.82, 2.24) is 14.5 Å². The van der Waals surface area contributed by atoms with Crippen LogP contribution >= 0.6 is 22.9 Å². The zero-order valence-electron chi connectivity index (χ0n) is 12.4. The molecule has 4 aromatic rings. The van der Waals surface area contributed by atoms with Crippen LogP contribution in [0.4, 0.5) is 13.2 Å². The maximum absolute atomic E-state index is 13.1. The number of benzene rings is 2. The number of fused-ring (bicyclic) bond motifs is 1. The lowest BCUT2D eigenvalue weighted by Crippen LogP contribution is -2.06. The van der Waals surface area contributed by atoms with E-state index >= 15 is 0 Å². The van der Waals surface area contributed by atoms with E-state index in [9.17, 15) is 13.2 Å². The fourth-order valence-corrected chi connectivity index (χ4v) is 3.46. The highest BCUT2D eigenvalue weighted by Crippen LogP contribution is 2.39. The molecule has 125 valence electrons. The molecule has 2 heterocycles. The van der Waals surface area contributed by atoms with Gasteiger partial charge in [-0.15, -0.1) is 11.3 Å². The van der Waals surface area contributed by atoms with Crippen molar-refractivity contribution >= 4 is 34.0 Å². The monoisotopic (exact) mass is 378 g/mol. The predicted molar refractivity (Wildman–Crippen MR) is 91.0 cm³/mol. The first kappa shape index (κ1) is 16.1. The van der Waals surface area contributed by atoms with Crippen LogP contribution in [0, 0.1) is 6.07 Å². The van der Waals surface area contributed by atoms with Crippen molar-refractivity contribution in [2.45, 2.75) is 6.18 Å². The Balaban J connectivity index is 2.07. The molecule has 0 bridgehead atoms. The molecule has 0 aliphatic rings. The maximum atomic E-state index is 13.1. The summed E-state index contributed by atoms with van der Waals surface area (Å²) in [4.78, 5) is 8.62. The minimum Gasteiger partial charge on any atom is -0.290 e. The van der Waals surface area contributed by atoms with E-state index in [1.54, 1.807) is 34.3 Å². The van der Waals surface area contributed by atoms with Crippen LogP contribution in [0.15, 0.2) is 48.0 Å². The predicted octanol–water partition coefficient (Wildman–Crippen LogP) is 5.62. The molecule has 2 aromatic carbocycles. The van der Waals surface area contributed by atoms with E-state index in [0.29, 0.717) is 22.0 Å². The van der Waals surface area contributed by atoms with Gasteiger partial charge >= 0.3 is 6.18 Å². The van der Waals surface area contributed by atoms with Crippen LogP contribution < -0.4 is 0 Å². The summed E-state index contributed by atoms with van der Waals surface area (Å²) in [5.74, 6) is 0.458. The van der Waals surface area contributed by atoms with Gasteiger partial charge in [-0.1, -0.05) is 23.7 Å². The smallest absolute Gasteiger partial charge is 0.290 e. The van der Waals surface area contributed by atoms with E-state index < -0.39 is 11.7 Å². The molecule has 1 radical (unpaired) electrons. The molecule has 0 N–H and O–H groups in total. The molecule has 0 atom stereocenters. The first-order chi connectivity index (χ1) is 11.9. The van der Waals surface area contributed by atoms with Gasteiger partial charge in [-0.2, -0.15) is 13.2 Å². The molecular formula is C17H8ClF3N3S. The zero-order chi connectivity index (χ0) is 17.6. The van der Waals surface area contributed by atoms with Gasteiger partial charge in [0.2, 0.25) is 0 Å². The summed E-state index contributed by atoms with van der Waals surface area (Å²) in [7, 11) is 0. The number of thiazole rings is 1. The lowest BCUT2D eigenvalue weighted by atomic mass is 10.2. The molecule has 0 saturated carbocycles. The number of aromatic nitrogens is 3. The minimum atomic E-state index is -4.54. The van der Waals surface area contributed by atoms with Crippen molar-refractivity contribution in [1.29, 1.82) is 0 Å². The Morgan fingerprint density at radius 3 is 2.72 bits per heavy atom. The van der Waals surface area contributed by atoms with Gasteiger partial charge in [0.1, 0.15) is 0 Å². The van der Waals surface area contributed by atoms with E-state index in [2.05, 4.69) is 16.0 Å². The van der Waals surface area contributed by atoms with Crippen LogP contribution in [0.5, 0.6) is 0 Å². The average Bonchev–Trinajstić information content (AvgIpc) is 3.21. The van der Waals surface area contributed by atoms with Crippen LogP contribution in [0.1, 0.15) is 5.56 Å². The number of rotatable bonds is 2. The number of alkyl halides is 3. The molecule has 0 aliphatic heterocycles. The summed E-state index contributed by atoms with van der Waals surface area (Å²) in [6.45, 7) is 0. The fraction of sp³-hybridized carbons (Fsp3) is 0.0588. The molecule has 0 amide bonds. The third kappa shape index (κ3) is 2.79. The molecule has 2 aromatic heterocycles. The summed E-state index contributed by atoms with van der Waals surface area (Å²) < 4.78 is 41.2. The Kier molecular flexibility index (Phi) is 3.77. The Morgan fingerprint density at radius 1 is 1.24 bits per heavy atom. The maximum Gasteiger partial charge on any atom is 0.417 e. The third-order valence-electron chi connectivity index (χ3n) is 3.62. The summed E-state index contributed by atoms with van der Waals surface area (Å²) in [6.07, 6.45) is -2.92. The van der Waals surface area contributed by atoms with Crippen molar-refractivity contribution in [2.24, 2.45) is 0 Å². The molecule has 0 fully saturated rings. The fourth-order valence-electron chi connectivity index (χ4n) is 2.58. The topological polar surface area (TPSA) is 30.7 Å². The number of hydrogen-bond donors (Lipinski definition) is 0. The molecule has 8 heteroatoms. The molecule has 4 rings (SSSR count). The summed E-state index contributed by atoms with van der Waals surface area (Å²) in [6, 6.07) is 12.3. The summed E-state index contributed by atoms with van der Waals surface area (Å²) in [5, 5.41) is 2.01. The molecule has 0 aliphatic carbocycles. The van der Waals surface area contributed by atoms with Crippen LogP contribution in [0.3, 0.4) is 0 Å². The zero-order valence-corrected chi connectivity index (χ0v) is 14.0. The quantitative estimate of drug-likeness (QED) is 0.453. The second-order valence-corrected chi connectivity index (χ2v) is 6.49. The van der Waals surface area contributed by atoms with Crippen LogP contribution in [-0.4, -0.2) is 14.5 Å². The third-order valence-corrected chi connectivity index (χ3v) is 4.70. The normalized spacial score (nSPS) is 12.0. The standard InChI is InChI=1S/C17H8ClF3N3S/c18-12-9-14-13(8-11(12)17(19,20)21)23-15(16-22-6-7-25-16)24(14)10-4-2-1-3-5-10/h1-2,4-9H. The van der Waals surface area contributed by atoms with Crippen LogP contribution in [-0.2, 0) is 6.18 Å². The van der Waals surface area contributed by atoms with Gasteiger partial charge in [0, 0.05) is 17.3 Å². The Bertz CT molecular complexity index is 1040. The molecule has 25 heavy (non-hydrogen) atoms. The van der Waals surface area contributed by atoms with Crippen molar-refractivity contribution in [3.05, 3.63) is 64.6 Å². The van der Waals surface area contributed by atoms with Crippen molar-refractivity contribution in [3.63, 3.8) is 0 Å². The lowest BCUT2D eigenvalue weighted by Gasteiger charge is -2.10. The van der Waals surface area contributed by atoms with Crippen molar-refractivity contribution in [3.8, 4) is 16.5 Å². The Labute approximate surface area is 149 Å². The highest BCUT2D eigenvalue weighted by Gasteiger charge is 2.34. The number of halogens is 4. The van der Waals surface area contributed by atoms with E-state index in [1.165, 1.54) is 17.4 Å². The second kappa shape index (κ2) is 5.86. The lowest BCUT2D eigenvalue weighted by molar-refractivity contribution is -0.137. The molecule has 0 unspecified atom stereocenters. The van der Waals surface area contributed by atoms with E-state index in [-0.39, 0.29) is 10.5 Å². The Morgan fingerprint density at radius 2 is 2.08 bits per heavy atom. The number of nitrogens with zero attached hydrogens (tertiary/aromatic N) is 3. The SMILES string of the molecule is FC(F)(F)c1cc2nc(-c3nccs3)n(-c3c[c]ccc3)c2cc1Cl. The number of hydrogen-bond acceptors (Lipinski definition) is 3. The highest BCUT2D eigenvalue weighted by atomic mass is 35.5. The summed E-state index contributed by atoms with van der Waals surface area (Å²) >= 11 is 7.25. The second-order valence-electron chi connectivity index (χ2n) is 5.19. The van der Waals surface area contributed by atoms with Crippen molar-refractivity contribution < 1.29 is 13.2 Å². The summed E-state index contributed by atoms with van der Waals surface area (Å²) in [5.41, 5.74) is 0.483. The van der Waals surface area contributed by atoms with Gasteiger partial charge in [-0.25, -0.2) is 9.97 Å². The van der Waals surface area contributed by atoms with E-state index in [0.717, 1.165) is 6.07 Å². The number of imidazole rings is 1.